The van der Waals surface area contributed by atoms with Crippen molar-refractivity contribution < 1.29 is 9.13 Å². The molecule has 0 radical (unpaired) electrons. The standard InChI is InChI=1S/C21H26FNO/c1-17-13-20(10-11-21(17)22)24-16-19-9-5-6-12-23(15-19)14-18-7-3-2-4-8-18/h2-4,7-8,10-11,13,19H,5-6,9,12,14-16H2,1H3. The summed E-state index contributed by atoms with van der Waals surface area (Å²) in [6.45, 7) is 5.70. The average molecular weight is 327 g/mol. The van der Waals surface area contributed by atoms with Crippen molar-refractivity contribution in [2.45, 2.75) is 32.7 Å². The Morgan fingerprint density at radius 1 is 1.12 bits per heavy atom. The summed E-state index contributed by atoms with van der Waals surface area (Å²) in [4.78, 5) is 2.53. The smallest absolute Gasteiger partial charge is 0.126 e. The molecule has 1 heterocycles. The van der Waals surface area contributed by atoms with Crippen molar-refractivity contribution >= 4 is 0 Å². The van der Waals surface area contributed by atoms with Crippen LogP contribution >= 0.6 is 0 Å². The van der Waals surface area contributed by atoms with Gasteiger partial charge in [-0.15, -0.1) is 0 Å². The summed E-state index contributed by atoms with van der Waals surface area (Å²) in [6.07, 6.45) is 3.70. The molecule has 0 aliphatic carbocycles. The van der Waals surface area contributed by atoms with Gasteiger partial charge in [0, 0.05) is 19.0 Å². The fourth-order valence-corrected chi connectivity index (χ4v) is 3.36. The van der Waals surface area contributed by atoms with Gasteiger partial charge in [-0.25, -0.2) is 4.39 Å². The lowest BCUT2D eigenvalue weighted by Gasteiger charge is -2.24. The fraction of sp³-hybridized carbons (Fsp3) is 0.429. The van der Waals surface area contributed by atoms with Crippen molar-refractivity contribution in [3.63, 3.8) is 0 Å². The summed E-state index contributed by atoms with van der Waals surface area (Å²) >= 11 is 0. The van der Waals surface area contributed by atoms with Gasteiger partial charge in [0.25, 0.3) is 0 Å². The fourth-order valence-electron chi connectivity index (χ4n) is 3.36. The van der Waals surface area contributed by atoms with Gasteiger partial charge in [0.1, 0.15) is 11.6 Å². The summed E-state index contributed by atoms with van der Waals surface area (Å²) < 4.78 is 19.3. The van der Waals surface area contributed by atoms with Crippen molar-refractivity contribution in [1.29, 1.82) is 0 Å². The van der Waals surface area contributed by atoms with Crippen LogP contribution < -0.4 is 4.74 Å². The topological polar surface area (TPSA) is 12.5 Å². The molecule has 1 aliphatic rings. The molecule has 2 aromatic rings. The zero-order valence-corrected chi connectivity index (χ0v) is 14.4. The molecule has 1 unspecified atom stereocenters. The first-order valence-electron chi connectivity index (χ1n) is 8.86. The first kappa shape index (κ1) is 17.0. The monoisotopic (exact) mass is 327 g/mol. The van der Waals surface area contributed by atoms with Crippen LogP contribution in [0.3, 0.4) is 0 Å². The molecular formula is C21H26FNO. The van der Waals surface area contributed by atoms with Crippen molar-refractivity contribution in [1.82, 2.24) is 4.90 Å². The number of hydrogen-bond acceptors (Lipinski definition) is 2. The van der Waals surface area contributed by atoms with E-state index in [1.165, 1.54) is 30.9 Å². The molecule has 1 fully saturated rings. The van der Waals surface area contributed by atoms with E-state index in [-0.39, 0.29) is 5.82 Å². The number of benzene rings is 2. The number of rotatable bonds is 5. The molecule has 2 nitrogen and oxygen atoms in total. The van der Waals surface area contributed by atoms with Gasteiger partial charge >= 0.3 is 0 Å². The number of hydrogen-bond donors (Lipinski definition) is 0. The summed E-state index contributed by atoms with van der Waals surface area (Å²) in [5.74, 6) is 1.13. The minimum atomic E-state index is -0.175. The third kappa shape index (κ3) is 4.81. The zero-order valence-electron chi connectivity index (χ0n) is 14.4. The van der Waals surface area contributed by atoms with Crippen molar-refractivity contribution in [2.75, 3.05) is 19.7 Å². The molecule has 0 bridgehead atoms. The van der Waals surface area contributed by atoms with Crippen molar-refractivity contribution in [3.05, 3.63) is 65.5 Å². The Morgan fingerprint density at radius 3 is 2.75 bits per heavy atom. The molecule has 1 saturated heterocycles. The van der Waals surface area contributed by atoms with E-state index in [1.54, 1.807) is 19.1 Å². The van der Waals surface area contributed by atoms with Crippen LogP contribution in [0.15, 0.2) is 48.5 Å². The maximum absolute atomic E-state index is 13.3. The first-order chi connectivity index (χ1) is 11.7. The second kappa shape index (κ2) is 8.29. The number of aryl methyl sites for hydroxylation is 1. The van der Waals surface area contributed by atoms with E-state index in [1.807, 2.05) is 0 Å². The average Bonchev–Trinajstić information content (AvgIpc) is 2.82. The molecule has 0 saturated carbocycles. The van der Waals surface area contributed by atoms with Crippen molar-refractivity contribution in [3.8, 4) is 5.75 Å². The van der Waals surface area contributed by atoms with E-state index >= 15 is 0 Å². The molecule has 24 heavy (non-hydrogen) atoms. The van der Waals surface area contributed by atoms with Gasteiger partial charge in [-0.1, -0.05) is 36.8 Å². The zero-order chi connectivity index (χ0) is 16.8. The molecule has 1 atom stereocenters. The molecule has 0 aromatic heterocycles. The van der Waals surface area contributed by atoms with Crippen LogP contribution in [0.1, 0.15) is 30.4 Å². The first-order valence-corrected chi connectivity index (χ1v) is 8.86. The highest BCUT2D eigenvalue weighted by Gasteiger charge is 2.19. The van der Waals surface area contributed by atoms with Gasteiger partial charge in [-0.2, -0.15) is 0 Å². The molecule has 3 rings (SSSR count). The quantitative estimate of drug-likeness (QED) is 0.781. The van der Waals surface area contributed by atoms with Gasteiger partial charge < -0.3 is 4.74 Å². The van der Waals surface area contributed by atoms with Crippen LogP contribution in [0.4, 0.5) is 4.39 Å². The minimum absolute atomic E-state index is 0.175. The third-order valence-corrected chi connectivity index (χ3v) is 4.72. The van der Waals surface area contributed by atoms with Crippen LogP contribution in [0.25, 0.3) is 0 Å². The SMILES string of the molecule is Cc1cc(OCC2CCCCN(Cc3ccccc3)C2)ccc1F. The van der Waals surface area contributed by atoms with Crippen LogP contribution in [-0.2, 0) is 6.54 Å². The number of halogens is 1. The minimum Gasteiger partial charge on any atom is -0.493 e. The van der Waals surface area contributed by atoms with Gasteiger partial charge in [0.15, 0.2) is 0 Å². The Labute approximate surface area is 144 Å². The predicted octanol–water partition coefficient (Wildman–Crippen LogP) is 4.82. The highest BCUT2D eigenvalue weighted by Crippen LogP contribution is 2.21. The van der Waals surface area contributed by atoms with E-state index in [2.05, 4.69) is 35.2 Å². The van der Waals surface area contributed by atoms with Crippen LogP contribution in [0.5, 0.6) is 5.75 Å². The van der Waals surface area contributed by atoms with Gasteiger partial charge in [-0.3, -0.25) is 4.90 Å². The molecule has 0 spiro atoms. The van der Waals surface area contributed by atoms with Crippen LogP contribution in [-0.4, -0.2) is 24.6 Å². The maximum atomic E-state index is 13.3. The van der Waals surface area contributed by atoms with Gasteiger partial charge in [0.05, 0.1) is 6.61 Å². The summed E-state index contributed by atoms with van der Waals surface area (Å²) in [6, 6.07) is 15.6. The molecule has 0 N–H and O–H groups in total. The second-order valence-corrected chi connectivity index (χ2v) is 6.80. The van der Waals surface area contributed by atoms with E-state index in [0.717, 1.165) is 25.4 Å². The molecular weight excluding hydrogens is 301 g/mol. The number of ether oxygens (including phenoxy) is 1. The Kier molecular flexibility index (Phi) is 5.86. The summed E-state index contributed by atoms with van der Waals surface area (Å²) in [5.41, 5.74) is 2.01. The van der Waals surface area contributed by atoms with E-state index in [0.29, 0.717) is 18.1 Å². The molecule has 0 amide bonds. The predicted molar refractivity (Wildman–Crippen MR) is 95.7 cm³/mol. The number of nitrogens with zero attached hydrogens (tertiary/aromatic N) is 1. The molecule has 2 aromatic carbocycles. The van der Waals surface area contributed by atoms with Crippen LogP contribution in [0, 0.1) is 18.7 Å². The van der Waals surface area contributed by atoms with Gasteiger partial charge in [-0.05, 0) is 55.6 Å². The largest absolute Gasteiger partial charge is 0.493 e. The summed E-state index contributed by atoms with van der Waals surface area (Å²) in [5, 5.41) is 0. The molecule has 128 valence electrons. The van der Waals surface area contributed by atoms with Gasteiger partial charge in [0.2, 0.25) is 0 Å². The Hall–Kier alpha value is -1.87. The Balaban J connectivity index is 1.55. The lowest BCUT2D eigenvalue weighted by molar-refractivity contribution is 0.182. The second-order valence-electron chi connectivity index (χ2n) is 6.80. The Bertz CT molecular complexity index is 644. The Morgan fingerprint density at radius 2 is 1.96 bits per heavy atom. The van der Waals surface area contributed by atoms with Crippen LogP contribution in [0.2, 0.25) is 0 Å². The van der Waals surface area contributed by atoms with Crippen molar-refractivity contribution in [2.24, 2.45) is 5.92 Å². The highest BCUT2D eigenvalue weighted by molar-refractivity contribution is 5.28. The molecule has 1 aliphatic heterocycles. The normalized spacial score (nSPS) is 19.0. The lowest BCUT2D eigenvalue weighted by atomic mass is 10.0. The lowest BCUT2D eigenvalue weighted by Crippen LogP contribution is -2.30. The third-order valence-electron chi connectivity index (χ3n) is 4.72. The highest BCUT2D eigenvalue weighted by atomic mass is 19.1. The van der Waals surface area contributed by atoms with E-state index < -0.39 is 0 Å². The maximum Gasteiger partial charge on any atom is 0.126 e. The van der Waals surface area contributed by atoms with E-state index in [9.17, 15) is 4.39 Å². The molecule has 3 heteroatoms. The summed E-state index contributed by atoms with van der Waals surface area (Å²) in [7, 11) is 0. The van der Waals surface area contributed by atoms with E-state index in [4.69, 9.17) is 4.74 Å². The number of likely N-dealkylation sites (tertiary alicyclic amines) is 1.